The van der Waals surface area contributed by atoms with Crippen LogP contribution in [0.4, 0.5) is 5.69 Å². The number of anilines is 1. The molecule has 0 amide bonds. The third kappa shape index (κ3) is 5.28. The molecule has 1 aliphatic carbocycles. The molecule has 0 aromatic heterocycles. The van der Waals surface area contributed by atoms with Gasteiger partial charge in [-0.25, -0.2) is 0 Å². The van der Waals surface area contributed by atoms with Crippen molar-refractivity contribution in [3.05, 3.63) is 34.9 Å². The maximum Gasteiger partial charge on any atom is 0.182 e. The quantitative estimate of drug-likeness (QED) is 0.256. The van der Waals surface area contributed by atoms with E-state index in [1.54, 1.807) is 12.1 Å². The molecule has 0 radical (unpaired) electrons. The second kappa shape index (κ2) is 8.98. The number of hydrogen-bond donors (Lipinski definition) is 1. The first-order valence-corrected chi connectivity index (χ1v) is 9.51. The minimum Gasteiger partial charge on any atom is -0.487 e. The summed E-state index contributed by atoms with van der Waals surface area (Å²) in [7, 11) is 0. The largest absolute Gasteiger partial charge is 0.487 e. The van der Waals surface area contributed by atoms with Crippen LogP contribution >= 0.6 is 11.6 Å². The minimum absolute atomic E-state index is 0.0848. The molecule has 4 nitrogen and oxygen atoms in total. The van der Waals surface area contributed by atoms with E-state index in [1.807, 2.05) is 6.92 Å². The number of nitrogens with zero attached hydrogens (tertiary/aromatic N) is 1. The molecule has 0 heterocycles. The predicted molar refractivity (Wildman–Crippen MR) is 109 cm³/mol. The fraction of sp³-hybridized carbons (Fsp3) is 0.455. The van der Waals surface area contributed by atoms with Crippen LogP contribution in [0, 0.1) is 29.1 Å². The van der Waals surface area contributed by atoms with E-state index in [1.165, 1.54) is 0 Å². The summed E-state index contributed by atoms with van der Waals surface area (Å²) in [5, 5.41) is 9.15. The van der Waals surface area contributed by atoms with Crippen molar-refractivity contribution in [2.45, 2.75) is 58.0 Å². The lowest BCUT2D eigenvalue weighted by atomic mass is 9.88. The van der Waals surface area contributed by atoms with Gasteiger partial charge in [-0.15, -0.1) is 5.92 Å². The first-order chi connectivity index (χ1) is 12.8. The van der Waals surface area contributed by atoms with Crippen LogP contribution in [0.3, 0.4) is 0 Å². The van der Waals surface area contributed by atoms with Gasteiger partial charge in [-0.2, -0.15) is 5.26 Å². The molecule has 0 saturated heterocycles. The molecule has 1 aromatic rings. The Morgan fingerprint density at radius 3 is 2.78 bits per heavy atom. The molecule has 5 heteroatoms. The highest BCUT2D eigenvalue weighted by Gasteiger charge is 2.30. The first kappa shape index (κ1) is 20.9. The van der Waals surface area contributed by atoms with Gasteiger partial charge in [0, 0.05) is 12.5 Å². The van der Waals surface area contributed by atoms with Crippen molar-refractivity contribution in [2.75, 3.05) is 5.73 Å². The van der Waals surface area contributed by atoms with E-state index in [-0.39, 0.29) is 11.7 Å². The number of nitriles is 1. The number of nitrogens with two attached hydrogens (primary N) is 1. The van der Waals surface area contributed by atoms with Crippen LogP contribution in [0.1, 0.15) is 62.7 Å². The Labute approximate surface area is 166 Å². The minimum atomic E-state index is -0.506. The number of rotatable bonds is 10. The molecule has 1 aromatic carbocycles. The van der Waals surface area contributed by atoms with E-state index in [4.69, 9.17) is 27.3 Å². The summed E-state index contributed by atoms with van der Waals surface area (Å²) in [4.78, 5) is 12.8. The molecule has 0 fully saturated rings. The van der Waals surface area contributed by atoms with E-state index < -0.39 is 5.60 Å². The van der Waals surface area contributed by atoms with Crippen LogP contribution < -0.4 is 10.5 Å². The highest BCUT2D eigenvalue weighted by atomic mass is 35.5. The van der Waals surface area contributed by atoms with Gasteiger partial charge in [-0.3, -0.25) is 4.79 Å². The average Bonchev–Trinajstić information content (AvgIpc) is 2.55. The molecular weight excluding hydrogens is 360 g/mol. The molecule has 142 valence electrons. The number of hydrogen-bond acceptors (Lipinski definition) is 4. The predicted octanol–water partition coefficient (Wildman–Crippen LogP) is 5.32. The lowest BCUT2D eigenvalue weighted by Gasteiger charge is -2.32. The van der Waals surface area contributed by atoms with Crippen molar-refractivity contribution in [1.29, 1.82) is 5.26 Å². The van der Waals surface area contributed by atoms with Gasteiger partial charge >= 0.3 is 0 Å². The topological polar surface area (TPSA) is 76.1 Å². The van der Waals surface area contributed by atoms with E-state index in [0.29, 0.717) is 47.7 Å². The SMILES string of the molecule is C=C(CC#N)CCC(C)(CCC)Oc1cc(N)c(Cl)cc1C(=O)C1C#CC1. The normalized spacial score (nSPS) is 16.9. The summed E-state index contributed by atoms with van der Waals surface area (Å²) in [5.74, 6) is 5.79. The van der Waals surface area contributed by atoms with Gasteiger partial charge in [0.2, 0.25) is 0 Å². The number of allylic oxidation sites excluding steroid dienone is 1. The van der Waals surface area contributed by atoms with Gasteiger partial charge in [-0.05, 0) is 32.3 Å². The summed E-state index contributed by atoms with van der Waals surface area (Å²) in [6.45, 7) is 8.04. The Kier molecular flexibility index (Phi) is 6.94. The third-order valence-corrected chi connectivity index (χ3v) is 5.06. The fourth-order valence-electron chi connectivity index (χ4n) is 3.06. The van der Waals surface area contributed by atoms with Gasteiger partial charge in [0.15, 0.2) is 5.78 Å². The Bertz CT molecular complexity index is 844. The molecule has 27 heavy (non-hydrogen) atoms. The van der Waals surface area contributed by atoms with Gasteiger partial charge in [-0.1, -0.05) is 43.0 Å². The van der Waals surface area contributed by atoms with Crippen LogP contribution in [0.5, 0.6) is 5.75 Å². The van der Waals surface area contributed by atoms with Crippen LogP contribution in [0.2, 0.25) is 5.02 Å². The van der Waals surface area contributed by atoms with Crippen LogP contribution in [0.15, 0.2) is 24.3 Å². The van der Waals surface area contributed by atoms with Crippen LogP contribution in [-0.4, -0.2) is 11.4 Å². The number of halogens is 1. The number of benzene rings is 1. The zero-order valence-electron chi connectivity index (χ0n) is 15.9. The zero-order chi connectivity index (χ0) is 20.0. The number of Topliss-reactive ketones (excluding diaryl/α,β-unsaturated/α-hetero) is 1. The van der Waals surface area contributed by atoms with Crippen molar-refractivity contribution in [3.8, 4) is 23.7 Å². The third-order valence-electron chi connectivity index (χ3n) is 4.73. The Morgan fingerprint density at radius 1 is 1.52 bits per heavy atom. The molecular formula is C22H25ClN2O2. The number of nitrogen functional groups attached to an aromatic ring is 1. The van der Waals surface area contributed by atoms with Gasteiger partial charge in [0.25, 0.3) is 0 Å². The van der Waals surface area contributed by atoms with Gasteiger partial charge < -0.3 is 10.5 Å². The molecule has 2 atom stereocenters. The van der Waals surface area contributed by atoms with Gasteiger partial charge in [0.05, 0.1) is 34.7 Å². The number of ether oxygens (including phenoxy) is 1. The highest BCUT2D eigenvalue weighted by molar-refractivity contribution is 6.33. The first-order valence-electron chi connectivity index (χ1n) is 9.14. The standard InChI is InChI=1S/C22H25ClN2O2/c1-4-10-22(3,11-8-15(2)9-12-24)27-20-14-19(25)18(23)13-17(20)21(26)16-6-5-7-16/h13-14,16H,2,4,6,8-11,25H2,1,3H3. The van der Waals surface area contributed by atoms with Crippen LogP contribution in [-0.2, 0) is 0 Å². The fourth-order valence-corrected chi connectivity index (χ4v) is 3.22. The maximum atomic E-state index is 12.8. The van der Waals surface area contributed by atoms with Crippen molar-refractivity contribution >= 4 is 23.1 Å². The van der Waals surface area contributed by atoms with Crippen molar-refractivity contribution in [3.63, 3.8) is 0 Å². The number of carbonyl (C=O) groups is 1. The van der Waals surface area contributed by atoms with E-state index >= 15 is 0 Å². The lowest BCUT2D eigenvalue weighted by molar-refractivity contribution is 0.0666. The van der Waals surface area contributed by atoms with Gasteiger partial charge in [0.1, 0.15) is 11.4 Å². The zero-order valence-corrected chi connectivity index (χ0v) is 16.7. The Morgan fingerprint density at radius 2 is 2.22 bits per heavy atom. The Hall–Kier alpha value is -2.43. The molecule has 0 spiro atoms. The molecule has 2 unspecified atom stereocenters. The van der Waals surface area contributed by atoms with E-state index in [9.17, 15) is 4.79 Å². The Balaban J connectivity index is 2.29. The second-order valence-corrected chi connectivity index (χ2v) is 7.61. The number of carbonyl (C=O) groups excluding carboxylic acids is 1. The molecule has 2 N–H and O–H groups in total. The second-order valence-electron chi connectivity index (χ2n) is 7.20. The average molecular weight is 385 g/mol. The van der Waals surface area contributed by atoms with Crippen LogP contribution in [0.25, 0.3) is 0 Å². The highest BCUT2D eigenvalue weighted by Crippen LogP contribution is 2.36. The lowest BCUT2D eigenvalue weighted by Crippen LogP contribution is -2.33. The van der Waals surface area contributed by atoms with Crippen molar-refractivity contribution in [1.82, 2.24) is 0 Å². The summed E-state index contributed by atoms with van der Waals surface area (Å²) in [6, 6.07) is 5.32. The molecule has 0 aliphatic heterocycles. The van der Waals surface area contributed by atoms with E-state index in [2.05, 4.69) is 31.4 Å². The smallest absolute Gasteiger partial charge is 0.182 e. The summed E-state index contributed by atoms with van der Waals surface area (Å²) < 4.78 is 6.35. The molecule has 0 saturated carbocycles. The maximum absolute atomic E-state index is 12.8. The number of ketones is 1. The summed E-state index contributed by atoms with van der Waals surface area (Å²) >= 11 is 6.15. The van der Waals surface area contributed by atoms with E-state index in [0.717, 1.165) is 18.4 Å². The van der Waals surface area contributed by atoms with Crippen molar-refractivity contribution in [2.24, 2.45) is 5.92 Å². The monoisotopic (exact) mass is 384 g/mol. The molecule has 1 aliphatic rings. The molecule has 0 bridgehead atoms. The summed E-state index contributed by atoms with van der Waals surface area (Å²) in [6.07, 6.45) is 3.99. The summed E-state index contributed by atoms with van der Waals surface area (Å²) in [5.41, 5.74) is 7.13. The molecule has 2 rings (SSSR count). The van der Waals surface area contributed by atoms with Crippen molar-refractivity contribution < 1.29 is 9.53 Å².